The number of nitrogens with one attached hydrogen (secondary N) is 1. The second kappa shape index (κ2) is 5.94. The van der Waals surface area contributed by atoms with Crippen LogP contribution in [0, 0.1) is 0 Å². The van der Waals surface area contributed by atoms with Crippen LogP contribution in [-0.4, -0.2) is 53.6 Å². The van der Waals surface area contributed by atoms with E-state index in [0.29, 0.717) is 19.4 Å². The number of carbonyl (C=O) groups is 2. The molecule has 8 heteroatoms. The Morgan fingerprint density at radius 3 is 2.44 bits per heavy atom. The number of rotatable bonds is 6. The predicted octanol–water partition coefficient (Wildman–Crippen LogP) is 0.229. The molecule has 18 heavy (non-hydrogen) atoms. The number of unbranched alkanes of at least 4 members (excludes halogenated alkanes) is 1. The van der Waals surface area contributed by atoms with Crippen molar-refractivity contribution in [1.82, 2.24) is 10.2 Å². The number of carboxylic acid groups (broad SMARTS) is 1. The number of likely N-dealkylation sites (tertiary alicyclic amines) is 1. The third-order valence-electron chi connectivity index (χ3n) is 2.70. The Bertz CT molecular complexity index is 317. The summed E-state index contributed by atoms with van der Waals surface area (Å²) in [5.41, 5.74) is 5.29. The first-order chi connectivity index (χ1) is 8.35. The normalized spacial score (nSPS) is 18.9. The van der Waals surface area contributed by atoms with Gasteiger partial charge < -0.3 is 21.1 Å². The Morgan fingerprint density at radius 2 is 2.00 bits per heavy atom. The highest BCUT2D eigenvalue weighted by Gasteiger charge is 2.47. The molecule has 0 aromatic heterocycles. The van der Waals surface area contributed by atoms with E-state index in [9.17, 15) is 18.4 Å². The Morgan fingerprint density at radius 1 is 1.39 bits per heavy atom. The van der Waals surface area contributed by atoms with Crippen molar-refractivity contribution in [1.29, 1.82) is 0 Å². The van der Waals surface area contributed by atoms with Crippen molar-refractivity contribution in [2.45, 2.75) is 31.2 Å². The van der Waals surface area contributed by atoms with Gasteiger partial charge in [0.2, 0.25) is 5.91 Å². The van der Waals surface area contributed by atoms with Crippen LogP contribution in [-0.2, 0) is 4.79 Å². The summed E-state index contributed by atoms with van der Waals surface area (Å²) in [6, 6.07) is -0.967. The molecule has 1 fully saturated rings. The van der Waals surface area contributed by atoms with Gasteiger partial charge in [-0.05, 0) is 25.8 Å². The summed E-state index contributed by atoms with van der Waals surface area (Å²) in [5.74, 6) is -3.44. The van der Waals surface area contributed by atoms with Gasteiger partial charge in [-0.1, -0.05) is 0 Å². The van der Waals surface area contributed by atoms with Crippen molar-refractivity contribution in [2.75, 3.05) is 19.6 Å². The van der Waals surface area contributed by atoms with E-state index < -0.39 is 37.1 Å². The summed E-state index contributed by atoms with van der Waals surface area (Å²) in [6.07, 6.45) is 0.150. The van der Waals surface area contributed by atoms with E-state index in [1.54, 1.807) is 0 Å². The number of alkyl halides is 2. The molecular formula is C10H17F2N3O3. The smallest absolute Gasteiger partial charge is 0.405 e. The number of halogens is 2. The molecule has 6 nitrogen and oxygen atoms in total. The van der Waals surface area contributed by atoms with Crippen LogP contribution in [0.3, 0.4) is 0 Å². The van der Waals surface area contributed by atoms with Crippen molar-refractivity contribution in [3.8, 4) is 0 Å². The first kappa shape index (κ1) is 14.6. The van der Waals surface area contributed by atoms with Gasteiger partial charge >= 0.3 is 6.09 Å². The first-order valence-corrected chi connectivity index (χ1v) is 5.72. The summed E-state index contributed by atoms with van der Waals surface area (Å²) < 4.78 is 25.3. The lowest BCUT2D eigenvalue weighted by atomic mass is 10.0. The standard InChI is InChI=1S/C10H17F2N3O3/c11-10(12)5-15(6-10)8(16)7(14-9(17)18)3-1-2-4-13/h7,14H,1-6,13H2,(H,17,18)/t7-/m0/s1. The average Bonchev–Trinajstić information content (AvgIpc) is 2.23. The van der Waals surface area contributed by atoms with Crippen LogP contribution in [0.25, 0.3) is 0 Å². The third-order valence-corrected chi connectivity index (χ3v) is 2.70. The summed E-state index contributed by atoms with van der Waals surface area (Å²) in [5, 5.41) is 10.7. The minimum absolute atomic E-state index is 0.268. The monoisotopic (exact) mass is 265 g/mol. The van der Waals surface area contributed by atoms with Crippen molar-refractivity contribution in [3.05, 3.63) is 0 Å². The van der Waals surface area contributed by atoms with Gasteiger partial charge in [0.15, 0.2) is 0 Å². The topological polar surface area (TPSA) is 95.7 Å². The lowest BCUT2D eigenvalue weighted by Crippen LogP contribution is -2.62. The van der Waals surface area contributed by atoms with Gasteiger partial charge in [0.25, 0.3) is 5.92 Å². The second-order valence-corrected chi connectivity index (χ2v) is 4.34. The number of nitrogens with zero attached hydrogens (tertiary/aromatic N) is 1. The molecule has 0 unspecified atom stereocenters. The number of hydrogen-bond acceptors (Lipinski definition) is 3. The summed E-state index contributed by atoms with van der Waals surface area (Å²) in [6.45, 7) is -0.836. The van der Waals surface area contributed by atoms with Crippen molar-refractivity contribution < 1.29 is 23.5 Å². The van der Waals surface area contributed by atoms with Gasteiger partial charge in [0.05, 0.1) is 13.1 Å². The molecule has 0 bridgehead atoms. The van der Waals surface area contributed by atoms with Gasteiger partial charge in [-0.2, -0.15) is 0 Å². The van der Waals surface area contributed by atoms with E-state index in [-0.39, 0.29) is 6.42 Å². The molecule has 104 valence electrons. The zero-order valence-electron chi connectivity index (χ0n) is 9.86. The van der Waals surface area contributed by atoms with Crippen LogP contribution >= 0.6 is 0 Å². The van der Waals surface area contributed by atoms with Gasteiger partial charge in [0, 0.05) is 0 Å². The summed E-state index contributed by atoms with van der Waals surface area (Å²) in [4.78, 5) is 23.3. The second-order valence-electron chi connectivity index (χ2n) is 4.34. The summed E-state index contributed by atoms with van der Waals surface area (Å²) in [7, 11) is 0. The number of hydrogen-bond donors (Lipinski definition) is 3. The maximum Gasteiger partial charge on any atom is 0.405 e. The molecule has 1 saturated heterocycles. The van der Waals surface area contributed by atoms with Crippen molar-refractivity contribution >= 4 is 12.0 Å². The van der Waals surface area contributed by atoms with Crippen LogP contribution in [0.4, 0.5) is 13.6 Å². The van der Waals surface area contributed by atoms with Gasteiger partial charge in [0.1, 0.15) is 6.04 Å². The molecule has 0 spiro atoms. The molecule has 0 saturated carbocycles. The minimum Gasteiger partial charge on any atom is -0.465 e. The van der Waals surface area contributed by atoms with Crippen LogP contribution in [0.2, 0.25) is 0 Å². The van der Waals surface area contributed by atoms with Crippen molar-refractivity contribution in [3.63, 3.8) is 0 Å². The van der Waals surface area contributed by atoms with Crippen LogP contribution in [0.1, 0.15) is 19.3 Å². The van der Waals surface area contributed by atoms with E-state index in [1.807, 2.05) is 0 Å². The minimum atomic E-state index is -2.85. The van der Waals surface area contributed by atoms with Gasteiger partial charge in [-0.15, -0.1) is 0 Å². The molecule has 1 aliphatic heterocycles. The Kier molecular flexibility index (Phi) is 4.83. The molecule has 0 radical (unpaired) electrons. The highest BCUT2D eigenvalue weighted by molar-refractivity contribution is 5.86. The first-order valence-electron chi connectivity index (χ1n) is 5.72. The molecule has 1 rings (SSSR count). The van der Waals surface area contributed by atoms with E-state index in [1.165, 1.54) is 0 Å². The van der Waals surface area contributed by atoms with E-state index >= 15 is 0 Å². The molecule has 1 atom stereocenters. The molecule has 2 amide bonds. The van der Waals surface area contributed by atoms with Gasteiger partial charge in [-0.25, -0.2) is 13.6 Å². The summed E-state index contributed by atoms with van der Waals surface area (Å²) >= 11 is 0. The highest BCUT2D eigenvalue weighted by atomic mass is 19.3. The van der Waals surface area contributed by atoms with Crippen LogP contribution in [0.5, 0.6) is 0 Å². The Hall–Kier alpha value is -1.44. The fourth-order valence-electron chi connectivity index (χ4n) is 1.79. The average molecular weight is 265 g/mol. The number of carbonyl (C=O) groups excluding carboxylic acids is 1. The van der Waals surface area contributed by atoms with Gasteiger partial charge in [-0.3, -0.25) is 4.79 Å². The zero-order valence-corrected chi connectivity index (χ0v) is 9.86. The zero-order chi connectivity index (χ0) is 13.8. The highest BCUT2D eigenvalue weighted by Crippen LogP contribution is 2.27. The maximum absolute atomic E-state index is 12.6. The fourth-order valence-corrected chi connectivity index (χ4v) is 1.79. The largest absolute Gasteiger partial charge is 0.465 e. The SMILES string of the molecule is NCCCC[C@H](NC(=O)O)C(=O)N1CC(F)(F)C1. The predicted molar refractivity (Wildman–Crippen MR) is 59.4 cm³/mol. The molecular weight excluding hydrogens is 248 g/mol. The van der Waals surface area contributed by atoms with E-state index in [0.717, 1.165) is 4.90 Å². The Balaban J connectivity index is 2.48. The lowest BCUT2D eigenvalue weighted by Gasteiger charge is -2.40. The lowest BCUT2D eigenvalue weighted by molar-refractivity contribution is -0.167. The maximum atomic E-state index is 12.6. The molecule has 0 aromatic carbocycles. The van der Waals surface area contributed by atoms with Crippen LogP contribution in [0.15, 0.2) is 0 Å². The van der Waals surface area contributed by atoms with E-state index in [2.05, 4.69) is 5.32 Å². The molecule has 4 N–H and O–H groups in total. The number of nitrogens with two attached hydrogens (primary N) is 1. The van der Waals surface area contributed by atoms with E-state index in [4.69, 9.17) is 10.8 Å². The Labute approximate surface area is 103 Å². The molecule has 1 aliphatic rings. The quantitative estimate of drug-likeness (QED) is 0.599. The molecule has 1 heterocycles. The molecule has 0 aromatic rings. The third kappa shape index (κ3) is 4.10. The number of amides is 2. The fraction of sp³-hybridized carbons (Fsp3) is 0.800. The van der Waals surface area contributed by atoms with Crippen LogP contribution < -0.4 is 11.1 Å². The van der Waals surface area contributed by atoms with Crippen molar-refractivity contribution in [2.24, 2.45) is 5.73 Å². The molecule has 0 aliphatic carbocycles.